The maximum absolute atomic E-state index is 11.4. The second-order valence-corrected chi connectivity index (χ2v) is 2.05. The van der Waals surface area contributed by atoms with Crippen LogP contribution >= 0.6 is 0 Å². The Morgan fingerprint density at radius 1 is 1.71 bits per heavy atom. The Balaban J connectivity index is 1.93. The molecule has 1 fully saturated rings. The van der Waals surface area contributed by atoms with Crippen LogP contribution in [0.15, 0.2) is 0 Å². The van der Waals surface area contributed by atoms with E-state index in [9.17, 15) is 4.39 Å². The molecule has 0 aromatic heterocycles. The van der Waals surface area contributed by atoms with Gasteiger partial charge in [-0.05, 0) is 31.6 Å². The number of alkyl halides is 1. The van der Waals surface area contributed by atoms with Crippen LogP contribution < -0.4 is 0 Å². The van der Waals surface area contributed by atoms with Crippen LogP contribution in [0.2, 0.25) is 0 Å². The molecule has 0 aliphatic heterocycles. The van der Waals surface area contributed by atoms with E-state index in [1.165, 1.54) is 12.8 Å². The van der Waals surface area contributed by atoms with E-state index in [-0.39, 0.29) is 6.67 Å². The molecule has 0 nitrogen and oxygen atoms in total. The number of hydrogen-bond acceptors (Lipinski definition) is 0. The molecule has 0 amide bonds. The van der Waals surface area contributed by atoms with Gasteiger partial charge in [0.1, 0.15) is 0 Å². The summed E-state index contributed by atoms with van der Waals surface area (Å²) in [5, 5.41) is 0. The first kappa shape index (κ1) is 5.07. The molecule has 0 aromatic rings. The van der Waals surface area contributed by atoms with E-state index in [0.717, 1.165) is 6.42 Å². The number of hydrogen-bond donors (Lipinski definition) is 0. The summed E-state index contributed by atoms with van der Waals surface area (Å²) in [4.78, 5) is 0. The van der Waals surface area contributed by atoms with Crippen molar-refractivity contribution in [1.29, 1.82) is 0 Å². The average molecular weight is 101 g/mol. The Morgan fingerprint density at radius 3 is 2.57 bits per heavy atom. The third-order valence-corrected chi connectivity index (χ3v) is 1.52. The van der Waals surface area contributed by atoms with E-state index in [2.05, 4.69) is 6.42 Å². The van der Waals surface area contributed by atoms with Crippen LogP contribution in [0.1, 0.15) is 19.3 Å². The molecule has 41 valence electrons. The van der Waals surface area contributed by atoms with Gasteiger partial charge in [0, 0.05) is 0 Å². The highest BCUT2D eigenvalue weighted by molar-refractivity contribution is 4.86. The van der Waals surface area contributed by atoms with Crippen molar-refractivity contribution in [2.45, 2.75) is 19.3 Å². The fourth-order valence-electron chi connectivity index (χ4n) is 0.805. The van der Waals surface area contributed by atoms with Crippen molar-refractivity contribution >= 4 is 0 Å². The summed E-state index contributed by atoms with van der Waals surface area (Å²) >= 11 is 0. The molecule has 7 heavy (non-hydrogen) atoms. The Bertz CT molecular complexity index is 48.1. The van der Waals surface area contributed by atoms with Gasteiger partial charge in [0.05, 0.1) is 6.67 Å². The number of halogens is 1. The van der Waals surface area contributed by atoms with Crippen molar-refractivity contribution in [2.24, 2.45) is 5.92 Å². The van der Waals surface area contributed by atoms with Crippen LogP contribution in [0.4, 0.5) is 4.39 Å². The van der Waals surface area contributed by atoms with Gasteiger partial charge >= 0.3 is 0 Å². The standard InChI is InChI=1S/C6H10F/c7-5-4-6-2-1-3-6/h2,6H,1,3-5H2. The van der Waals surface area contributed by atoms with Crippen LogP contribution in [0, 0.1) is 12.3 Å². The minimum Gasteiger partial charge on any atom is -0.251 e. The molecule has 1 rings (SSSR count). The van der Waals surface area contributed by atoms with Crippen molar-refractivity contribution < 1.29 is 4.39 Å². The normalized spacial score (nSPS) is 21.9. The van der Waals surface area contributed by atoms with Crippen molar-refractivity contribution in [3.05, 3.63) is 6.42 Å². The zero-order chi connectivity index (χ0) is 5.11. The van der Waals surface area contributed by atoms with E-state index in [4.69, 9.17) is 0 Å². The average Bonchev–Trinajstić information content (AvgIpc) is 1.55. The molecule has 0 heterocycles. The fraction of sp³-hybridized carbons (Fsp3) is 0.833. The molecule has 1 unspecified atom stereocenters. The Kier molecular flexibility index (Phi) is 1.66. The van der Waals surface area contributed by atoms with Gasteiger partial charge < -0.3 is 0 Å². The minimum absolute atomic E-state index is 0.138. The summed E-state index contributed by atoms with van der Waals surface area (Å²) in [6, 6.07) is 0. The first-order valence-corrected chi connectivity index (χ1v) is 2.83. The second kappa shape index (κ2) is 2.29. The fourth-order valence-corrected chi connectivity index (χ4v) is 0.805. The smallest absolute Gasteiger partial charge is 0.0897 e. The number of rotatable bonds is 2. The van der Waals surface area contributed by atoms with Crippen molar-refractivity contribution in [1.82, 2.24) is 0 Å². The first-order chi connectivity index (χ1) is 3.43. The van der Waals surface area contributed by atoms with E-state index in [1.54, 1.807) is 0 Å². The van der Waals surface area contributed by atoms with Gasteiger partial charge in [-0.2, -0.15) is 0 Å². The Hall–Kier alpha value is -0.0700. The lowest BCUT2D eigenvalue weighted by Gasteiger charge is -2.22. The molecule has 1 heteroatoms. The van der Waals surface area contributed by atoms with Gasteiger partial charge in [-0.3, -0.25) is 4.39 Å². The molecule has 1 saturated carbocycles. The maximum Gasteiger partial charge on any atom is 0.0897 e. The zero-order valence-corrected chi connectivity index (χ0v) is 4.36. The zero-order valence-electron chi connectivity index (χ0n) is 4.36. The van der Waals surface area contributed by atoms with Crippen LogP contribution in [-0.2, 0) is 0 Å². The van der Waals surface area contributed by atoms with Gasteiger partial charge in [-0.15, -0.1) is 0 Å². The monoisotopic (exact) mass is 101 g/mol. The molecular formula is C6H10F. The molecule has 0 bridgehead atoms. The van der Waals surface area contributed by atoms with Crippen molar-refractivity contribution in [3.63, 3.8) is 0 Å². The third kappa shape index (κ3) is 1.15. The van der Waals surface area contributed by atoms with Gasteiger partial charge in [0.25, 0.3) is 0 Å². The highest BCUT2D eigenvalue weighted by Crippen LogP contribution is 2.27. The maximum atomic E-state index is 11.4. The lowest BCUT2D eigenvalue weighted by molar-refractivity contribution is 0.344. The van der Waals surface area contributed by atoms with Crippen molar-refractivity contribution in [3.8, 4) is 0 Å². The SMILES string of the molecule is FCCC1[CH]CC1. The minimum atomic E-state index is -0.138. The highest BCUT2D eigenvalue weighted by atomic mass is 19.1. The first-order valence-electron chi connectivity index (χ1n) is 2.83. The van der Waals surface area contributed by atoms with Crippen LogP contribution in [-0.4, -0.2) is 6.67 Å². The summed E-state index contributed by atoms with van der Waals surface area (Å²) in [6.07, 6.45) is 5.40. The van der Waals surface area contributed by atoms with Gasteiger partial charge in [-0.25, -0.2) is 0 Å². The quantitative estimate of drug-likeness (QED) is 0.498. The summed E-state index contributed by atoms with van der Waals surface area (Å²) in [6.45, 7) is -0.138. The van der Waals surface area contributed by atoms with E-state index in [0.29, 0.717) is 5.92 Å². The lowest BCUT2D eigenvalue weighted by atomic mass is 9.83. The van der Waals surface area contributed by atoms with E-state index >= 15 is 0 Å². The molecule has 1 aliphatic rings. The molecular weight excluding hydrogens is 91.1 g/mol. The summed E-state index contributed by atoms with van der Waals surface area (Å²) in [5.74, 6) is 0.630. The molecule has 1 radical (unpaired) electrons. The van der Waals surface area contributed by atoms with Crippen LogP contribution in [0.5, 0.6) is 0 Å². The predicted molar refractivity (Wildman–Crippen MR) is 27.6 cm³/mol. The largest absolute Gasteiger partial charge is 0.251 e. The van der Waals surface area contributed by atoms with E-state index in [1.807, 2.05) is 0 Å². The summed E-state index contributed by atoms with van der Waals surface area (Å²) in [7, 11) is 0. The van der Waals surface area contributed by atoms with Crippen molar-refractivity contribution in [2.75, 3.05) is 6.67 Å². The molecule has 0 aromatic carbocycles. The summed E-state index contributed by atoms with van der Waals surface area (Å²) < 4.78 is 11.4. The lowest BCUT2D eigenvalue weighted by Crippen LogP contribution is -2.11. The second-order valence-electron chi connectivity index (χ2n) is 2.05. The molecule has 0 N–H and O–H groups in total. The molecule has 0 spiro atoms. The van der Waals surface area contributed by atoms with Gasteiger partial charge in [0.2, 0.25) is 0 Å². The van der Waals surface area contributed by atoms with E-state index < -0.39 is 0 Å². The van der Waals surface area contributed by atoms with Crippen LogP contribution in [0.25, 0.3) is 0 Å². The van der Waals surface area contributed by atoms with Crippen LogP contribution in [0.3, 0.4) is 0 Å². The third-order valence-electron chi connectivity index (χ3n) is 1.52. The Labute approximate surface area is 43.7 Å². The summed E-state index contributed by atoms with van der Waals surface area (Å²) in [5.41, 5.74) is 0. The molecule has 1 atom stereocenters. The predicted octanol–water partition coefficient (Wildman–Crippen LogP) is 1.96. The highest BCUT2D eigenvalue weighted by Gasteiger charge is 2.16. The Morgan fingerprint density at radius 2 is 2.43 bits per heavy atom. The van der Waals surface area contributed by atoms with Gasteiger partial charge in [-0.1, -0.05) is 0 Å². The topological polar surface area (TPSA) is 0 Å². The molecule has 1 aliphatic carbocycles. The molecule has 0 saturated heterocycles. The van der Waals surface area contributed by atoms with Gasteiger partial charge in [0.15, 0.2) is 0 Å².